The first-order chi connectivity index (χ1) is 15.5. The molecule has 0 atom stereocenters. The highest BCUT2D eigenvalue weighted by Crippen LogP contribution is 2.33. The third-order valence-corrected chi connectivity index (χ3v) is 5.91. The van der Waals surface area contributed by atoms with Crippen molar-refractivity contribution in [1.82, 2.24) is 10.2 Å². The Kier molecular flexibility index (Phi) is 6.40. The largest absolute Gasteiger partial charge is 0.387 e. The van der Waals surface area contributed by atoms with E-state index in [0.29, 0.717) is 24.4 Å². The van der Waals surface area contributed by atoms with Crippen LogP contribution in [0.15, 0.2) is 47.0 Å². The van der Waals surface area contributed by atoms with Gasteiger partial charge in [0.25, 0.3) is 5.91 Å². The first-order valence-corrected chi connectivity index (χ1v) is 11.4. The molecule has 6 nitrogen and oxygen atoms in total. The third kappa shape index (κ3) is 4.44. The predicted molar refractivity (Wildman–Crippen MR) is 129 cm³/mol. The normalized spacial score (nSPS) is 15.0. The Morgan fingerprint density at radius 2 is 1.81 bits per heavy atom. The van der Waals surface area contributed by atoms with Crippen LogP contribution in [0.4, 0.5) is 5.69 Å². The second-order valence-electron chi connectivity index (χ2n) is 8.39. The summed E-state index contributed by atoms with van der Waals surface area (Å²) in [4.78, 5) is 31.7. The van der Waals surface area contributed by atoms with E-state index in [-0.39, 0.29) is 11.8 Å². The van der Waals surface area contributed by atoms with Gasteiger partial charge in [-0.25, -0.2) is 4.99 Å². The molecule has 3 N–H and O–H groups in total. The summed E-state index contributed by atoms with van der Waals surface area (Å²) in [6.45, 7) is 6.30. The highest BCUT2D eigenvalue weighted by atomic mass is 16.2. The molecule has 0 radical (unpaired) electrons. The third-order valence-electron chi connectivity index (χ3n) is 5.91. The Labute approximate surface area is 189 Å². The molecule has 2 amide bonds. The van der Waals surface area contributed by atoms with Crippen molar-refractivity contribution < 1.29 is 9.59 Å². The zero-order valence-electron chi connectivity index (χ0n) is 18.8. The van der Waals surface area contributed by atoms with Crippen LogP contribution in [0.3, 0.4) is 0 Å². The molecular formula is C26H30N4O2. The summed E-state index contributed by atoms with van der Waals surface area (Å²) in [5.41, 5.74) is 12.4. The number of amides is 2. The quantitative estimate of drug-likeness (QED) is 0.724. The van der Waals surface area contributed by atoms with E-state index < -0.39 is 0 Å². The van der Waals surface area contributed by atoms with E-state index in [0.717, 1.165) is 65.9 Å². The van der Waals surface area contributed by atoms with E-state index in [1.165, 1.54) is 0 Å². The Bertz CT molecular complexity index is 1110. The van der Waals surface area contributed by atoms with Crippen molar-refractivity contribution in [3.63, 3.8) is 0 Å². The van der Waals surface area contributed by atoms with Crippen molar-refractivity contribution in [3.05, 3.63) is 58.7 Å². The van der Waals surface area contributed by atoms with Crippen LogP contribution in [0.2, 0.25) is 0 Å². The number of amidine groups is 1. The SMILES string of the molecule is CCCN(CCC)C(=O)C1=Cc2ccc(-c3ccc4c(c3)CCNC4=O)cc2N=C(N)C1. The van der Waals surface area contributed by atoms with E-state index >= 15 is 0 Å². The van der Waals surface area contributed by atoms with Crippen LogP contribution >= 0.6 is 0 Å². The maximum atomic E-state index is 13.2. The number of aliphatic imine (C=N–C) groups is 1. The van der Waals surface area contributed by atoms with E-state index in [4.69, 9.17) is 5.73 Å². The van der Waals surface area contributed by atoms with E-state index in [1.807, 2.05) is 41.3 Å². The van der Waals surface area contributed by atoms with Gasteiger partial charge in [0.05, 0.1) is 5.69 Å². The van der Waals surface area contributed by atoms with Gasteiger partial charge in [-0.05, 0) is 54.2 Å². The summed E-state index contributed by atoms with van der Waals surface area (Å²) in [5.74, 6) is 0.465. The van der Waals surface area contributed by atoms with Crippen LogP contribution in [0.25, 0.3) is 17.2 Å². The maximum absolute atomic E-state index is 13.2. The van der Waals surface area contributed by atoms with Crippen molar-refractivity contribution >= 4 is 29.4 Å². The fourth-order valence-corrected chi connectivity index (χ4v) is 4.37. The summed E-state index contributed by atoms with van der Waals surface area (Å²) in [7, 11) is 0. The topological polar surface area (TPSA) is 87.8 Å². The number of carbonyl (C=O) groups excluding carboxylic acids is 2. The summed E-state index contributed by atoms with van der Waals surface area (Å²) < 4.78 is 0. The monoisotopic (exact) mass is 430 g/mol. The zero-order valence-corrected chi connectivity index (χ0v) is 18.8. The predicted octanol–water partition coefficient (Wildman–Crippen LogP) is 4.06. The molecular weight excluding hydrogens is 400 g/mol. The van der Waals surface area contributed by atoms with Crippen LogP contribution in [-0.4, -0.2) is 42.2 Å². The molecule has 0 saturated heterocycles. The molecule has 6 heteroatoms. The van der Waals surface area contributed by atoms with Crippen LogP contribution in [-0.2, 0) is 11.2 Å². The summed E-state index contributed by atoms with van der Waals surface area (Å²) >= 11 is 0. The van der Waals surface area contributed by atoms with E-state index in [1.54, 1.807) is 0 Å². The molecule has 0 bridgehead atoms. The minimum Gasteiger partial charge on any atom is -0.387 e. The van der Waals surface area contributed by atoms with Gasteiger partial charge in [0.15, 0.2) is 0 Å². The fraction of sp³-hybridized carbons (Fsp3) is 0.346. The minimum absolute atomic E-state index is 0.0142. The average Bonchev–Trinajstić information content (AvgIpc) is 2.95. The first-order valence-electron chi connectivity index (χ1n) is 11.4. The number of carbonyl (C=O) groups is 2. The van der Waals surface area contributed by atoms with Gasteiger partial charge in [0.2, 0.25) is 5.91 Å². The fourth-order valence-electron chi connectivity index (χ4n) is 4.37. The molecule has 2 heterocycles. The average molecular weight is 431 g/mol. The highest BCUT2D eigenvalue weighted by Gasteiger charge is 2.21. The zero-order chi connectivity index (χ0) is 22.7. The maximum Gasteiger partial charge on any atom is 0.251 e. The van der Waals surface area contributed by atoms with Crippen molar-refractivity contribution in [1.29, 1.82) is 0 Å². The van der Waals surface area contributed by atoms with E-state index in [2.05, 4.69) is 30.2 Å². The van der Waals surface area contributed by atoms with Gasteiger partial charge in [-0.1, -0.05) is 38.1 Å². The number of benzene rings is 2. The first kappa shape index (κ1) is 21.8. The van der Waals surface area contributed by atoms with Gasteiger partial charge < -0.3 is 16.0 Å². The Morgan fingerprint density at radius 3 is 2.56 bits per heavy atom. The summed E-state index contributed by atoms with van der Waals surface area (Å²) in [5, 5.41) is 2.88. The Morgan fingerprint density at radius 1 is 1.09 bits per heavy atom. The lowest BCUT2D eigenvalue weighted by atomic mass is 9.94. The van der Waals surface area contributed by atoms with Crippen molar-refractivity contribution in [2.45, 2.75) is 39.5 Å². The molecule has 0 aromatic heterocycles. The van der Waals surface area contributed by atoms with Gasteiger partial charge in [0.1, 0.15) is 5.84 Å². The van der Waals surface area contributed by atoms with Crippen molar-refractivity contribution in [2.75, 3.05) is 19.6 Å². The molecule has 2 aliphatic rings. The smallest absolute Gasteiger partial charge is 0.251 e. The number of rotatable bonds is 6. The molecule has 2 aromatic rings. The molecule has 4 rings (SSSR count). The molecule has 0 saturated carbocycles. The number of nitrogens with zero attached hydrogens (tertiary/aromatic N) is 2. The molecule has 166 valence electrons. The summed E-state index contributed by atoms with van der Waals surface area (Å²) in [6, 6.07) is 12.0. The van der Waals surface area contributed by atoms with Gasteiger partial charge in [-0.15, -0.1) is 0 Å². The van der Waals surface area contributed by atoms with Gasteiger partial charge in [0, 0.05) is 42.8 Å². The second-order valence-corrected chi connectivity index (χ2v) is 8.39. The lowest BCUT2D eigenvalue weighted by Crippen LogP contribution is -2.34. The van der Waals surface area contributed by atoms with Gasteiger partial charge in [-0.3, -0.25) is 9.59 Å². The molecule has 32 heavy (non-hydrogen) atoms. The molecule has 2 aliphatic heterocycles. The van der Waals surface area contributed by atoms with Crippen molar-refractivity contribution in [3.8, 4) is 11.1 Å². The van der Waals surface area contributed by atoms with Crippen LogP contribution in [0, 0.1) is 0 Å². The second kappa shape index (κ2) is 9.39. The highest BCUT2D eigenvalue weighted by molar-refractivity contribution is 6.05. The molecule has 0 spiro atoms. The molecule has 0 fully saturated rings. The summed E-state index contributed by atoms with van der Waals surface area (Å²) in [6.07, 6.45) is 4.95. The lowest BCUT2D eigenvalue weighted by Gasteiger charge is -2.22. The van der Waals surface area contributed by atoms with Crippen LogP contribution in [0.5, 0.6) is 0 Å². The number of nitrogens with two attached hydrogens (primary N) is 1. The Balaban J connectivity index is 1.68. The number of fused-ring (bicyclic) bond motifs is 2. The number of hydrogen-bond acceptors (Lipinski definition) is 4. The lowest BCUT2D eigenvalue weighted by molar-refractivity contribution is -0.127. The van der Waals surface area contributed by atoms with Gasteiger partial charge in [-0.2, -0.15) is 0 Å². The standard InChI is InChI=1S/C26H30N4O2/c1-3-11-30(12-4-2)26(32)21-14-20-6-5-18(15-23(20)29-24(27)16-21)17-7-8-22-19(13-17)9-10-28-25(22)31/h5-8,13-15H,3-4,9-12,16H2,1-2H3,(H2,27,29)(H,28,31). The number of nitrogens with one attached hydrogen (secondary N) is 1. The Hall–Kier alpha value is -3.41. The molecule has 0 aliphatic carbocycles. The molecule has 0 unspecified atom stereocenters. The minimum atomic E-state index is -0.0142. The van der Waals surface area contributed by atoms with E-state index in [9.17, 15) is 9.59 Å². The van der Waals surface area contributed by atoms with Gasteiger partial charge >= 0.3 is 0 Å². The molecule has 2 aromatic carbocycles. The van der Waals surface area contributed by atoms with Crippen molar-refractivity contribution in [2.24, 2.45) is 10.7 Å². The van der Waals surface area contributed by atoms with Crippen LogP contribution in [0.1, 0.15) is 54.6 Å². The van der Waals surface area contributed by atoms with Crippen LogP contribution < -0.4 is 11.1 Å². The number of hydrogen-bond donors (Lipinski definition) is 2.